The highest BCUT2D eigenvalue weighted by Gasteiger charge is 2.37. The monoisotopic (exact) mass is 497 g/mol. The van der Waals surface area contributed by atoms with Crippen LogP contribution in [0.1, 0.15) is 19.8 Å². The number of sulfonamides is 1. The van der Waals surface area contributed by atoms with Crippen molar-refractivity contribution in [3.63, 3.8) is 0 Å². The highest BCUT2D eigenvalue weighted by molar-refractivity contribution is 8.01. The molecule has 170 valence electrons. The van der Waals surface area contributed by atoms with Crippen molar-refractivity contribution in [2.24, 2.45) is 5.92 Å². The molecule has 7 nitrogen and oxygen atoms in total. The van der Waals surface area contributed by atoms with Crippen LogP contribution in [0.15, 0.2) is 46.2 Å². The van der Waals surface area contributed by atoms with Gasteiger partial charge in [0.05, 0.1) is 21.3 Å². The molecule has 0 aromatic heterocycles. The Hall–Kier alpha value is -2.30. The van der Waals surface area contributed by atoms with Crippen LogP contribution >= 0.6 is 23.4 Å². The Morgan fingerprint density at radius 1 is 1.22 bits per heavy atom. The van der Waals surface area contributed by atoms with Gasteiger partial charge >= 0.3 is 0 Å². The largest absolute Gasteiger partial charge is 0.341 e. The summed E-state index contributed by atoms with van der Waals surface area (Å²) >= 11 is 6.83. The first-order valence-corrected chi connectivity index (χ1v) is 12.8. The Balaban J connectivity index is 1.52. The molecule has 0 aliphatic carbocycles. The Morgan fingerprint density at radius 3 is 2.62 bits per heavy atom. The lowest BCUT2D eigenvalue weighted by Crippen LogP contribution is -2.47. The number of piperidine rings is 1. The van der Waals surface area contributed by atoms with Crippen LogP contribution in [0.2, 0.25) is 5.02 Å². The van der Waals surface area contributed by atoms with Crippen LogP contribution in [-0.4, -0.2) is 43.5 Å². The van der Waals surface area contributed by atoms with E-state index in [1.807, 2.05) is 0 Å². The summed E-state index contributed by atoms with van der Waals surface area (Å²) in [5.74, 6) is -0.797. The Kier molecular flexibility index (Phi) is 6.37. The van der Waals surface area contributed by atoms with Crippen LogP contribution in [0.5, 0.6) is 0 Å². The van der Waals surface area contributed by atoms with Gasteiger partial charge in [-0.1, -0.05) is 18.5 Å². The second kappa shape index (κ2) is 8.92. The number of rotatable bonds is 4. The number of hydrogen-bond acceptors (Lipinski definition) is 5. The van der Waals surface area contributed by atoms with Crippen LogP contribution in [0, 0.1) is 11.7 Å². The lowest BCUT2D eigenvalue weighted by Gasteiger charge is -2.33. The second-order valence-corrected chi connectivity index (χ2v) is 11.1. The predicted molar refractivity (Wildman–Crippen MR) is 122 cm³/mol. The number of carbonyl (C=O) groups excluding carboxylic acids is 2. The standard InChI is InChI=1S/C21H21ClFN3O4S2/c1-12-6-8-26(9-7-12)21(28)19-20(27)24-17-11-14(3-5-18(17)31-19)32(29,30)25-13-2-4-16(23)15(22)10-13/h2-5,10-12,19,25H,6-9H2,1H3,(H,24,27)/t19-/m0/s1. The SMILES string of the molecule is CC1CCN(C(=O)[C@H]2Sc3ccc(S(=O)(=O)Nc4ccc(F)c(Cl)c4)cc3NC2=O)CC1. The van der Waals surface area contributed by atoms with Crippen molar-refractivity contribution in [1.29, 1.82) is 0 Å². The van der Waals surface area contributed by atoms with Gasteiger partial charge in [0, 0.05) is 18.0 Å². The molecule has 2 aliphatic heterocycles. The van der Waals surface area contributed by atoms with Gasteiger partial charge in [-0.15, -0.1) is 11.8 Å². The van der Waals surface area contributed by atoms with Crippen molar-refractivity contribution in [1.82, 2.24) is 4.90 Å². The summed E-state index contributed by atoms with van der Waals surface area (Å²) in [5.41, 5.74) is 0.422. The molecule has 1 atom stereocenters. The second-order valence-electron chi connectivity index (χ2n) is 7.89. The number of amides is 2. The van der Waals surface area contributed by atoms with Crippen molar-refractivity contribution in [2.45, 2.75) is 34.8 Å². The number of halogens is 2. The molecule has 0 unspecified atom stereocenters. The van der Waals surface area contributed by atoms with Crippen LogP contribution < -0.4 is 10.0 Å². The summed E-state index contributed by atoms with van der Waals surface area (Å²) in [7, 11) is -4.01. The molecule has 2 amide bonds. The summed E-state index contributed by atoms with van der Waals surface area (Å²) in [6, 6.07) is 7.76. The third kappa shape index (κ3) is 4.72. The summed E-state index contributed by atoms with van der Waals surface area (Å²) in [4.78, 5) is 27.7. The van der Waals surface area contributed by atoms with E-state index in [1.54, 1.807) is 11.0 Å². The Labute approximate surface area is 194 Å². The molecule has 11 heteroatoms. The minimum Gasteiger partial charge on any atom is -0.341 e. The number of benzene rings is 2. The normalized spacial score (nSPS) is 19.3. The summed E-state index contributed by atoms with van der Waals surface area (Å²) in [6.45, 7) is 3.41. The van der Waals surface area contributed by atoms with Gasteiger partial charge in [0.2, 0.25) is 11.8 Å². The highest BCUT2D eigenvalue weighted by Crippen LogP contribution is 2.38. The maximum Gasteiger partial charge on any atom is 0.261 e. The Bertz CT molecular complexity index is 1180. The number of nitrogens with one attached hydrogen (secondary N) is 2. The molecule has 32 heavy (non-hydrogen) atoms. The quantitative estimate of drug-likeness (QED) is 0.623. The number of carbonyl (C=O) groups is 2. The maximum atomic E-state index is 13.3. The lowest BCUT2D eigenvalue weighted by molar-refractivity contribution is -0.135. The van der Waals surface area contributed by atoms with E-state index in [4.69, 9.17) is 11.6 Å². The summed E-state index contributed by atoms with van der Waals surface area (Å²) in [5, 5.41) is 1.55. The van der Waals surface area contributed by atoms with E-state index in [0.717, 1.165) is 30.7 Å². The molecule has 0 spiro atoms. The molecule has 1 fully saturated rings. The molecular formula is C21H21ClFN3O4S2. The van der Waals surface area contributed by atoms with Crippen molar-refractivity contribution in [3.8, 4) is 0 Å². The zero-order valence-electron chi connectivity index (χ0n) is 17.1. The van der Waals surface area contributed by atoms with Gasteiger partial charge in [-0.05, 0) is 55.2 Å². The van der Waals surface area contributed by atoms with Crippen LogP contribution in [-0.2, 0) is 19.6 Å². The number of likely N-dealkylation sites (tertiary alicyclic amines) is 1. The molecule has 2 aromatic carbocycles. The number of fused-ring (bicyclic) bond motifs is 1. The van der Waals surface area contributed by atoms with E-state index < -0.39 is 27.0 Å². The minimum atomic E-state index is -4.01. The van der Waals surface area contributed by atoms with Gasteiger partial charge in [-0.2, -0.15) is 0 Å². The first-order chi connectivity index (χ1) is 15.1. The van der Waals surface area contributed by atoms with Crippen LogP contribution in [0.4, 0.5) is 15.8 Å². The molecular weight excluding hydrogens is 477 g/mol. The minimum absolute atomic E-state index is 0.0904. The predicted octanol–water partition coefficient (Wildman–Crippen LogP) is 3.95. The smallest absolute Gasteiger partial charge is 0.261 e. The van der Waals surface area contributed by atoms with Gasteiger partial charge in [0.1, 0.15) is 5.82 Å². The zero-order valence-corrected chi connectivity index (χ0v) is 19.5. The van der Waals surface area contributed by atoms with Gasteiger partial charge in [0.25, 0.3) is 10.0 Å². The molecule has 2 aromatic rings. The molecule has 1 saturated heterocycles. The lowest BCUT2D eigenvalue weighted by atomic mass is 9.99. The molecule has 2 N–H and O–H groups in total. The molecule has 0 saturated carbocycles. The third-order valence-corrected chi connectivity index (χ3v) is 8.42. The van der Waals surface area contributed by atoms with Crippen LogP contribution in [0.3, 0.4) is 0 Å². The molecule has 0 bridgehead atoms. The number of anilines is 2. The Morgan fingerprint density at radius 2 is 1.94 bits per heavy atom. The van der Waals surface area contributed by atoms with E-state index in [0.29, 0.717) is 29.6 Å². The van der Waals surface area contributed by atoms with Crippen molar-refractivity contribution >= 4 is 56.6 Å². The zero-order chi connectivity index (χ0) is 23.0. The van der Waals surface area contributed by atoms with Crippen molar-refractivity contribution in [3.05, 3.63) is 47.2 Å². The molecule has 4 rings (SSSR count). The average Bonchev–Trinajstić information content (AvgIpc) is 2.75. The van der Waals surface area contributed by atoms with Gasteiger partial charge in [-0.3, -0.25) is 14.3 Å². The summed E-state index contributed by atoms with van der Waals surface area (Å²) in [6.07, 6.45) is 1.82. The van der Waals surface area contributed by atoms with Crippen molar-refractivity contribution < 1.29 is 22.4 Å². The third-order valence-electron chi connectivity index (χ3n) is 5.49. The van der Waals surface area contributed by atoms with E-state index in [-0.39, 0.29) is 21.5 Å². The fourth-order valence-corrected chi connectivity index (χ4v) is 5.90. The van der Waals surface area contributed by atoms with Crippen LogP contribution in [0.25, 0.3) is 0 Å². The molecule has 2 aliphatic rings. The summed E-state index contributed by atoms with van der Waals surface area (Å²) < 4.78 is 41.1. The van der Waals surface area contributed by atoms with Gasteiger partial charge in [0.15, 0.2) is 5.25 Å². The fraction of sp³-hybridized carbons (Fsp3) is 0.333. The first-order valence-electron chi connectivity index (χ1n) is 10.0. The maximum absolute atomic E-state index is 13.3. The van der Waals surface area contributed by atoms with E-state index in [9.17, 15) is 22.4 Å². The average molecular weight is 498 g/mol. The highest BCUT2D eigenvalue weighted by atomic mass is 35.5. The number of thioether (sulfide) groups is 1. The van der Waals surface area contributed by atoms with Gasteiger partial charge in [-0.25, -0.2) is 12.8 Å². The fourth-order valence-electron chi connectivity index (χ4n) is 3.59. The molecule has 2 heterocycles. The van der Waals surface area contributed by atoms with Gasteiger partial charge < -0.3 is 10.2 Å². The topological polar surface area (TPSA) is 95.6 Å². The first kappa shape index (κ1) is 22.9. The van der Waals surface area contributed by atoms with E-state index in [1.165, 1.54) is 24.3 Å². The number of hydrogen-bond donors (Lipinski definition) is 2. The molecule has 0 radical (unpaired) electrons. The number of nitrogens with zero attached hydrogens (tertiary/aromatic N) is 1. The van der Waals surface area contributed by atoms with Crippen molar-refractivity contribution in [2.75, 3.05) is 23.1 Å². The van der Waals surface area contributed by atoms with E-state index in [2.05, 4.69) is 17.0 Å². The van der Waals surface area contributed by atoms with E-state index >= 15 is 0 Å².